The second-order valence-corrected chi connectivity index (χ2v) is 17.0. The van der Waals surface area contributed by atoms with Crippen molar-refractivity contribution in [3.8, 4) is 5.75 Å². The molecule has 2 saturated carbocycles. The van der Waals surface area contributed by atoms with Crippen molar-refractivity contribution in [2.45, 2.75) is 88.4 Å². The molecule has 12 nitrogen and oxygen atoms in total. The Bertz CT molecular complexity index is 1930. The van der Waals surface area contributed by atoms with E-state index in [2.05, 4.69) is 37.1 Å². The minimum atomic E-state index is -4.97. The number of aromatic nitrogens is 4. The number of hydrogen-bond donors (Lipinski definition) is 1. The van der Waals surface area contributed by atoms with Gasteiger partial charge in [0.15, 0.2) is 5.69 Å². The van der Waals surface area contributed by atoms with Crippen LogP contribution in [0, 0.1) is 23.7 Å². The van der Waals surface area contributed by atoms with Crippen LogP contribution in [-0.4, -0.2) is 95.2 Å². The van der Waals surface area contributed by atoms with Crippen molar-refractivity contribution < 1.29 is 32.2 Å². The molecular weight excluding hydrogens is 725 g/mol. The van der Waals surface area contributed by atoms with Gasteiger partial charge in [0, 0.05) is 89.5 Å². The molecule has 56 heavy (non-hydrogen) atoms. The summed E-state index contributed by atoms with van der Waals surface area (Å²) in [5.74, 6) is 0.250. The van der Waals surface area contributed by atoms with Gasteiger partial charge in [-0.25, -0.2) is 19.9 Å². The fourth-order valence-electron chi connectivity index (χ4n) is 10.5. The molecule has 5 heterocycles. The lowest BCUT2D eigenvalue weighted by molar-refractivity contribution is -0.145. The summed E-state index contributed by atoms with van der Waals surface area (Å²) in [4.78, 5) is 50.8. The minimum Gasteiger partial charge on any atom is -0.490 e. The van der Waals surface area contributed by atoms with Gasteiger partial charge in [-0.3, -0.25) is 9.59 Å². The molecule has 3 aromatic rings. The van der Waals surface area contributed by atoms with Gasteiger partial charge in [-0.2, -0.15) is 13.2 Å². The average Bonchev–Trinajstić information content (AvgIpc) is 3.48. The summed E-state index contributed by atoms with van der Waals surface area (Å²) in [5.41, 5.74) is -2.12. The van der Waals surface area contributed by atoms with Crippen molar-refractivity contribution in [2.75, 3.05) is 56.7 Å². The third kappa shape index (κ3) is 6.93. The number of likely N-dealkylation sites (N-methyl/N-ethyl adjacent to an activating group) is 1. The highest BCUT2D eigenvalue weighted by molar-refractivity contribution is 6.00. The SMILES string of the molecule is CC1CC2CC(C)C(NC(=O)c3cnc(N4CC5(CCOCC5)c5cc(OC6CCN(c7ncccn7)CC6)ccc54)nc3C(F)(F)F)(C(=O)N(C)C)C(C1)C2. The van der Waals surface area contributed by atoms with Gasteiger partial charge in [0.25, 0.3) is 5.91 Å². The van der Waals surface area contributed by atoms with Crippen molar-refractivity contribution in [3.63, 3.8) is 0 Å². The van der Waals surface area contributed by atoms with Crippen molar-refractivity contribution in [3.05, 3.63) is 59.7 Å². The molecule has 15 heteroatoms. The standard InChI is InChI=1S/C41H51F3N8O4/c1-25-18-27-20-26(2)40(28(19-25)21-27,36(54)50(3)4)49-35(53)31-23-47-38(48-34(31)41(42,43)44)52-24-39(10-16-55-17-11-39)32-22-30(6-7-33(32)52)56-29-8-14-51(15-9-29)37-45-12-5-13-46-37/h5-7,12-13,22-23,25-29H,8-11,14-21,24H2,1-4H3,(H,49,53). The van der Waals surface area contributed by atoms with Crippen LogP contribution in [0.4, 0.5) is 30.8 Å². The highest BCUT2D eigenvalue weighted by Gasteiger charge is 2.57. The maximum absolute atomic E-state index is 15.0. The molecule has 1 N–H and O–H groups in total. The molecule has 3 aliphatic heterocycles. The Labute approximate surface area is 325 Å². The molecule has 1 spiro atoms. The third-order valence-electron chi connectivity index (χ3n) is 13.1. The molecule has 2 saturated heterocycles. The number of carbonyl (C=O) groups excluding carboxylic acids is 2. The van der Waals surface area contributed by atoms with Crippen LogP contribution in [0.2, 0.25) is 0 Å². The number of nitrogens with one attached hydrogen (secondary N) is 1. The normalized spacial score (nSPS) is 27.5. The Balaban J connectivity index is 1.08. The van der Waals surface area contributed by atoms with Gasteiger partial charge in [0.1, 0.15) is 17.4 Å². The van der Waals surface area contributed by atoms with E-state index in [9.17, 15) is 9.59 Å². The van der Waals surface area contributed by atoms with Crippen LogP contribution in [0.15, 0.2) is 42.9 Å². The van der Waals surface area contributed by atoms with E-state index in [0.717, 1.165) is 50.5 Å². The topological polar surface area (TPSA) is 126 Å². The lowest BCUT2D eigenvalue weighted by Crippen LogP contribution is -2.69. The Morgan fingerprint density at radius 2 is 1.71 bits per heavy atom. The zero-order valence-corrected chi connectivity index (χ0v) is 32.5. The smallest absolute Gasteiger partial charge is 0.434 e. The summed E-state index contributed by atoms with van der Waals surface area (Å²) in [5, 5.41) is 2.91. The molecule has 2 bridgehead atoms. The largest absolute Gasteiger partial charge is 0.490 e. The first-order valence-corrected chi connectivity index (χ1v) is 19.9. The minimum absolute atomic E-state index is 0.0146. The second kappa shape index (κ2) is 14.8. The van der Waals surface area contributed by atoms with E-state index in [1.54, 1.807) is 37.5 Å². The van der Waals surface area contributed by atoms with Gasteiger partial charge in [0.2, 0.25) is 17.8 Å². The molecule has 2 amide bonds. The summed E-state index contributed by atoms with van der Waals surface area (Å²) in [7, 11) is 3.25. The van der Waals surface area contributed by atoms with E-state index in [1.807, 2.05) is 25.1 Å². The molecule has 2 aliphatic carbocycles. The molecule has 4 fully saturated rings. The molecule has 1 aromatic carbocycles. The number of piperidine rings is 1. The summed E-state index contributed by atoms with van der Waals surface area (Å²) in [6.45, 7) is 6.96. The number of amides is 2. The molecule has 5 atom stereocenters. The van der Waals surface area contributed by atoms with E-state index in [-0.39, 0.29) is 29.8 Å². The highest BCUT2D eigenvalue weighted by atomic mass is 19.4. The first-order valence-electron chi connectivity index (χ1n) is 19.9. The lowest BCUT2D eigenvalue weighted by atomic mass is 9.56. The van der Waals surface area contributed by atoms with Gasteiger partial charge in [-0.05, 0) is 92.0 Å². The Kier molecular flexibility index (Phi) is 10.1. The van der Waals surface area contributed by atoms with Gasteiger partial charge in [-0.15, -0.1) is 0 Å². The number of carbonyl (C=O) groups is 2. The third-order valence-corrected chi connectivity index (χ3v) is 13.1. The van der Waals surface area contributed by atoms with Crippen LogP contribution in [0.25, 0.3) is 0 Å². The summed E-state index contributed by atoms with van der Waals surface area (Å²) < 4.78 is 57.3. The number of halogens is 3. The second-order valence-electron chi connectivity index (χ2n) is 17.0. The van der Waals surface area contributed by atoms with Crippen molar-refractivity contribution in [1.29, 1.82) is 0 Å². The quantitative estimate of drug-likeness (QED) is 0.298. The molecule has 300 valence electrons. The lowest BCUT2D eigenvalue weighted by Gasteiger charge is -2.54. The molecule has 0 radical (unpaired) electrons. The van der Waals surface area contributed by atoms with E-state index in [1.165, 1.54) is 4.90 Å². The van der Waals surface area contributed by atoms with E-state index in [4.69, 9.17) is 9.47 Å². The van der Waals surface area contributed by atoms with Crippen molar-refractivity contribution >= 4 is 29.4 Å². The van der Waals surface area contributed by atoms with Crippen LogP contribution in [-0.2, 0) is 21.1 Å². The zero-order chi connectivity index (χ0) is 39.4. The maximum Gasteiger partial charge on any atom is 0.434 e. The maximum atomic E-state index is 15.0. The van der Waals surface area contributed by atoms with Gasteiger partial charge in [-0.1, -0.05) is 13.8 Å². The van der Waals surface area contributed by atoms with E-state index in [0.29, 0.717) is 74.7 Å². The Morgan fingerprint density at radius 3 is 2.41 bits per heavy atom. The van der Waals surface area contributed by atoms with Crippen LogP contribution < -0.4 is 19.9 Å². The van der Waals surface area contributed by atoms with Crippen molar-refractivity contribution in [1.82, 2.24) is 30.2 Å². The fourth-order valence-corrected chi connectivity index (χ4v) is 10.5. The number of hydrogen-bond acceptors (Lipinski definition) is 10. The summed E-state index contributed by atoms with van der Waals surface area (Å²) >= 11 is 0. The summed E-state index contributed by atoms with van der Waals surface area (Å²) in [6.07, 6.45) is 5.58. The first-order chi connectivity index (χ1) is 26.8. The highest BCUT2D eigenvalue weighted by Crippen LogP contribution is 2.52. The number of alkyl halides is 3. The number of fused-ring (bicyclic) bond motifs is 4. The Hall–Kier alpha value is -4.53. The summed E-state index contributed by atoms with van der Waals surface area (Å²) in [6, 6.07) is 7.54. The fraction of sp³-hybridized carbons (Fsp3) is 0.610. The van der Waals surface area contributed by atoms with Crippen LogP contribution >= 0.6 is 0 Å². The monoisotopic (exact) mass is 776 g/mol. The van der Waals surface area contributed by atoms with Gasteiger partial charge >= 0.3 is 6.18 Å². The van der Waals surface area contributed by atoms with E-state index < -0.39 is 34.3 Å². The number of nitrogens with zero attached hydrogens (tertiary/aromatic N) is 7. The van der Waals surface area contributed by atoms with Gasteiger partial charge < -0.3 is 29.5 Å². The van der Waals surface area contributed by atoms with Crippen LogP contribution in [0.1, 0.15) is 86.8 Å². The molecule has 5 unspecified atom stereocenters. The molecule has 5 aliphatic rings. The van der Waals surface area contributed by atoms with Gasteiger partial charge in [0.05, 0.1) is 5.56 Å². The zero-order valence-electron chi connectivity index (χ0n) is 32.5. The average molecular weight is 777 g/mol. The van der Waals surface area contributed by atoms with Crippen LogP contribution in [0.5, 0.6) is 5.75 Å². The first kappa shape index (κ1) is 38.3. The predicted molar refractivity (Wildman–Crippen MR) is 203 cm³/mol. The molecular formula is C41H51F3N8O4. The number of rotatable bonds is 7. The van der Waals surface area contributed by atoms with Crippen LogP contribution in [0.3, 0.4) is 0 Å². The molecule has 2 aromatic heterocycles. The van der Waals surface area contributed by atoms with Crippen molar-refractivity contribution in [2.24, 2.45) is 23.7 Å². The number of benzene rings is 1. The number of anilines is 3. The predicted octanol–water partition coefficient (Wildman–Crippen LogP) is 6.18. The molecule has 8 rings (SSSR count). The van der Waals surface area contributed by atoms with E-state index >= 15 is 13.2 Å². The number of ether oxygens (including phenoxy) is 2. The Morgan fingerprint density at radius 1 is 0.982 bits per heavy atom.